The fourth-order valence-electron chi connectivity index (χ4n) is 2.71. The standard InChI is InChI=1S/C14H17N3/c1-2-17-10-12(9-16-17)14(15)8-7-11-5-3-4-6-13(11)14/h3-6,9-10H,2,7-8,15H2,1H3. The molecule has 0 fully saturated rings. The average Bonchev–Trinajstić information content (AvgIpc) is 2.96. The van der Waals surface area contributed by atoms with Crippen molar-refractivity contribution in [3.8, 4) is 0 Å². The highest BCUT2D eigenvalue weighted by molar-refractivity contribution is 5.45. The zero-order valence-electron chi connectivity index (χ0n) is 10.1. The second-order valence-electron chi connectivity index (χ2n) is 4.71. The maximum Gasteiger partial charge on any atom is 0.0702 e. The summed E-state index contributed by atoms with van der Waals surface area (Å²) in [6.45, 7) is 2.97. The summed E-state index contributed by atoms with van der Waals surface area (Å²) in [6, 6.07) is 8.47. The fraction of sp³-hybridized carbons (Fsp3) is 0.357. The highest BCUT2D eigenvalue weighted by Gasteiger charge is 2.37. The Hall–Kier alpha value is -1.61. The minimum Gasteiger partial charge on any atom is -0.318 e. The average molecular weight is 227 g/mol. The van der Waals surface area contributed by atoms with Crippen molar-refractivity contribution in [2.24, 2.45) is 5.73 Å². The SMILES string of the molecule is CCn1cc(C2(N)CCc3ccccc32)cn1. The lowest BCUT2D eigenvalue weighted by Crippen LogP contribution is -2.35. The third-order valence-corrected chi connectivity index (χ3v) is 3.76. The van der Waals surface area contributed by atoms with Crippen molar-refractivity contribution in [1.29, 1.82) is 0 Å². The van der Waals surface area contributed by atoms with Crippen LogP contribution in [0.3, 0.4) is 0 Å². The maximum atomic E-state index is 6.61. The number of fused-ring (bicyclic) bond motifs is 1. The van der Waals surface area contributed by atoms with E-state index in [1.165, 1.54) is 11.1 Å². The molecule has 1 heterocycles. The van der Waals surface area contributed by atoms with Crippen molar-refractivity contribution < 1.29 is 0 Å². The van der Waals surface area contributed by atoms with Gasteiger partial charge in [0.25, 0.3) is 0 Å². The molecule has 3 heteroatoms. The second kappa shape index (κ2) is 3.70. The normalized spacial score (nSPS) is 22.7. The highest BCUT2D eigenvalue weighted by Crippen LogP contribution is 2.39. The Morgan fingerprint density at radius 3 is 3.00 bits per heavy atom. The van der Waals surface area contributed by atoms with Gasteiger partial charge in [0.05, 0.1) is 11.7 Å². The first-order valence-electron chi connectivity index (χ1n) is 6.14. The van der Waals surface area contributed by atoms with Crippen LogP contribution in [0.5, 0.6) is 0 Å². The van der Waals surface area contributed by atoms with Crippen LogP contribution in [-0.4, -0.2) is 9.78 Å². The highest BCUT2D eigenvalue weighted by atomic mass is 15.3. The van der Waals surface area contributed by atoms with Gasteiger partial charge in [-0.1, -0.05) is 24.3 Å². The van der Waals surface area contributed by atoms with Gasteiger partial charge < -0.3 is 5.73 Å². The molecule has 0 saturated carbocycles. The van der Waals surface area contributed by atoms with E-state index in [2.05, 4.69) is 42.5 Å². The first-order chi connectivity index (χ1) is 8.24. The molecule has 88 valence electrons. The molecular formula is C14H17N3. The van der Waals surface area contributed by atoms with Crippen molar-refractivity contribution in [1.82, 2.24) is 9.78 Å². The van der Waals surface area contributed by atoms with Gasteiger partial charge in [-0.05, 0) is 30.9 Å². The third kappa shape index (κ3) is 1.50. The van der Waals surface area contributed by atoms with E-state index in [9.17, 15) is 0 Å². The van der Waals surface area contributed by atoms with Crippen LogP contribution in [0.25, 0.3) is 0 Å². The Bertz CT molecular complexity index is 544. The van der Waals surface area contributed by atoms with Gasteiger partial charge in [-0.3, -0.25) is 4.68 Å². The Labute approximate surface area is 101 Å². The molecule has 0 spiro atoms. The molecule has 0 saturated heterocycles. The van der Waals surface area contributed by atoms with Crippen LogP contribution in [0.2, 0.25) is 0 Å². The summed E-state index contributed by atoms with van der Waals surface area (Å²) in [5.74, 6) is 0. The molecule has 0 radical (unpaired) electrons. The molecule has 1 aliphatic carbocycles. The monoisotopic (exact) mass is 227 g/mol. The lowest BCUT2D eigenvalue weighted by atomic mass is 9.87. The summed E-state index contributed by atoms with van der Waals surface area (Å²) in [6.07, 6.45) is 6.01. The summed E-state index contributed by atoms with van der Waals surface area (Å²) in [4.78, 5) is 0. The van der Waals surface area contributed by atoms with Crippen molar-refractivity contribution in [3.63, 3.8) is 0 Å². The largest absolute Gasteiger partial charge is 0.318 e. The quantitative estimate of drug-likeness (QED) is 0.853. The van der Waals surface area contributed by atoms with Crippen LogP contribution in [0.1, 0.15) is 30.0 Å². The van der Waals surface area contributed by atoms with Crippen molar-refractivity contribution in [3.05, 3.63) is 53.3 Å². The van der Waals surface area contributed by atoms with Crippen molar-refractivity contribution in [2.75, 3.05) is 0 Å². The van der Waals surface area contributed by atoms with Gasteiger partial charge in [-0.25, -0.2) is 0 Å². The number of hydrogen-bond acceptors (Lipinski definition) is 2. The predicted octanol–water partition coefficient (Wildman–Crippen LogP) is 2.05. The third-order valence-electron chi connectivity index (χ3n) is 3.76. The van der Waals surface area contributed by atoms with Crippen LogP contribution in [-0.2, 0) is 18.5 Å². The van der Waals surface area contributed by atoms with Gasteiger partial charge in [-0.15, -0.1) is 0 Å². The maximum absolute atomic E-state index is 6.61. The van der Waals surface area contributed by atoms with E-state index < -0.39 is 0 Å². The number of benzene rings is 1. The van der Waals surface area contributed by atoms with E-state index in [0.29, 0.717) is 0 Å². The lowest BCUT2D eigenvalue weighted by Gasteiger charge is -2.24. The second-order valence-corrected chi connectivity index (χ2v) is 4.71. The summed E-state index contributed by atoms with van der Waals surface area (Å²) < 4.78 is 1.94. The number of aromatic nitrogens is 2. The number of aryl methyl sites for hydroxylation is 2. The van der Waals surface area contributed by atoms with Crippen LogP contribution in [0.4, 0.5) is 0 Å². The van der Waals surface area contributed by atoms with E-state index in [1.54, 1.807) is 0 Å². The van der Waals surface area contributed by atoms with Gasteiger partial charge >= 0.3 is 0 Å². The molecule has 0 amide bonds. The minimum absolute atomic E-state index is 0.343. The van der Waals surface area contributed by atoms with Gasteiger partial charge in [-0.2, -0.15) is 5.10 Å². The van der Waals surface area contributed by atoms with Gasteiger partial charge in [0, 0.05) is 18.3 Å². The molecule has 1 aromatic heterocycles. The van der Waals surface area contributed by atoms with Crippen LogP contribution >= 0.6 is 0 Å². The molecular weight excluding hydrogens is 210 g/mol. The first-order valence-corrected chi connectivity index (χ1v) is 6.14. The van der Waals surface area contributed by atoms with Crippen molar-refractivity contribution >= 4 is 0 Å². The number of hydrogen-bond donors (Lipinski definition) is 1. The van der Waals surface area contributed by atoms with E-state index in [4.69, 9.17) is 5.73 Å². The Morgan fingerprint density at radius 2 is 2.24 bits per heavy atom. The zero-order valence-corrected chi connectivity index (χ0v) is 10.1. The molecule has 0 bridgehead atoms. The van der Waals surface area contributed by atoms with E-state index in [0.717, 1.165) is 24.9 Å². The number of nitrogens with two attached hydrogens (primary N) is 1. The zero-order chi connectivity index (χ0) is 11.9. The summed E-state index contributed by atoms with van der Waals surface area (Å²) in [5, 5.41) is 4.33. The van der Waals surface area contributed by atoms with Gasteiger partial charge in [0.15, 0.2) is 0 Å². The molecule has 3 rings (SSSR count). The minimum atomic E-state index is -0.343. The van der Waals surface area contributed by atoms with Gasteiger partial charge in [0.1, 0.15) is 0 Å². The summed E-state index contributed by atoms with van der Waals surface area (Å²) >= 11 is 0. The Kier molecular flexibility index (Phi) is 2.30. The molecule has 0 aliphatic heterocycles. The first kappa shape index (κ1) is 10.5. The molecule has 1 unspecified atom stereocenters. The predicted molar refractivity (Wildman–Crippen MR) is 67.6 cm³/mol. The molecule has 1 aliphatic rings. The smallest absolute Gasteiger partial charge is 0.0702 e. The van der Waals surface area contributed by atoms with Crippen LogP contribution in [0, 0.1) is 0 Å². The Balaban J connectivity index is 2.08. The summed E-state index contributed by atoms with van der Waals surface area (Å²) in [5.41, 5.74) is 10.0. The molecule has 2 N–H and O–H groups in total. The topological polar surface area (TPSA) is 43.8 Å². The van der Waals surface area contributed by atoms with E-state index >= 15 is 0 Å². The van der Waals surface area contributed by atoms with Crippen molar-refractivity contribution in [2.45, 2.75) is 31.8 Å². The summed E-state index contributed by atoms with van der Waals surface area (Å²) in [7, 11) is 0. The van der Waals surface area contributed by atoms with E-state index in [-0.39, 0.29) is 5.54 Å². The molecule has 1 aromatic carbocycles. The van der Waals surface area contributed by atoms with Crippen LogP contribution in [0.15, 0.2) is 36.7 Å². The number of rotatable bonds is 2. The lowest BCUT2D eigenvalue weighted by molar-refractivity contribution is 0.533. The molecule has 2 aromatic rings. The molecule has 3 nitrogen and oxygen atoms in total. The Morgan fingerprint density at radius 1 is 1.41 bits per heavy atom. The van der Waals surface area contributed by atoms with E-state index in [1.807, 2.05) is 10.9 Å². The molecule has 1 atom stereocenters. The number of nitrogens with zero attached hydrogens (tertiary/aromatic N) is 2. The van der Waals surface area contributed by atoms with Crippen LogP contribution < -0.4 is 5.73 Å². The van der Waals surface area contributed by atoms with Gasteiger partial charge in [0.2, 0.25) is 0 Å². The fourth-order valence-corrected chi connectivity index (χ4v) is 2.71. The molecule has 17 heavy (non-hydrogen) atoms.